The Labute approximate surface area is 229 Å². The highest BCUT2D eigenvalue weighted by atomic mass is 16.5. The second kappa shape index (κ2) is 13.3. The molecule has 3 atom stereocenters. The molecule has 0 bridgehead atoms. The Morgan fingerprint density at radius 1 is 1.05 bits per heavy atom. The summed E-state index contributed by atoms with van der Waals surface area (Å²) in [6, 6.07) is 8.69. The van der Waals surface area contributed by atoms with Crippen molar-refractivity contribution < 1.29 is 14.3 Å². The predicted molar refractivity (Wildman–Crippen MR) is 147 cm³/mol. The zero-order chi connectivity index (χ0) is 27.8. The molecule has 3 heterocycles. The third kappa shape index (κ3) is 7.01. The molecule has 10 nitrogen and oxygen atoms in total. The number of rotatable bonds is 10. The molecular weight excluding hydrogens is 494 g/mol. The summed E-state index contributed by atoms with van der Waals surface area (Å²) < 4.78 is 5.37. The molecule has 10 heteroatoms. The molecule has 206 valence electrons. The molecular formula is C29H37N7O3. The quantitative estimate of drug-likeness (QED) is 0.425. The van der Waals surface area contributed by atoms with Gasteiger partial charge >= 0.3 is 0 Å². The Balaban J connectivity index is 1.52. The van der Waals surface area contributed by atoms with Crippen LogP contribution in [-0.2, 0) is 20.9 Å². The number of benzene rings is 1. The van der Waals surface area contributed by atoms with Crippen molar-refractivity contribution in [2.45, 2.75) is 51.9 Å². The topological polar surface area (TPSA) is 113 Å². The molecule has 0 aliphatic carbocycles. The molecule has 3 aromatic rings. The fraction of sp³-hybridized carbons (Fsp3) is 0.448. The van der Waals surface area contributed by atoms with E-state index in [0.717, 1.165) is 16.8 Å². The van der Waals surface area contributed by atoms with Crippen molar-refractivity contribution in [3.63, 3.8) is 0 Å². The normalized spacial score (nSPS) is 18.6. The van der Waals surface area contributed by atoms with Crippen LogP contribution in [0.1, 0.15) is 44.5 Å². The predicted octanol–water partition coefficient (Wildman–Crippen LogP) is 2.88. The molecule has 0 radical (unpaired) electrons. The van der Waals surface area contributed by atoms with Gasteiger partial charge in [0.05, 0.1) is 11.7 Å². The minimum Gasteiger partial charge on any atom is -0.385 e. The summed E-state index contributed by atoms with van der Waals surface area (Å²) in [6.45, 7) is 7.65. The highest BCUT2D eigenvalue weighted by Gasteiger charge is 2.42. The molecule has 0 saturated carbocycles. The van der Waals surface area contributed by atoms with E-state index in [1.807, 2.05) is 45.0 Å². The number of carbonyl (C=O) groups excluding carboxylic acids is 2. The van der Waals surface area contributed by atoms with Gasteiger partial charge in [-0.1, -0.05) is 38.1 Å². The Kier molecular flexibility index (Phi) is 9.67. The number of hydrogen-bond acceptors (Lipinski definition) is 8. The summed E-state index contributed by atoms with van der Waals surface area (Å²) in [5, 5.41) is 3.07. The van der Waals surface area contributed by atoms with Crippen molar-refractivity contribution in [2.24, 2.45) is 5.92 Å². The Morgan fingerprint density at radius 2 is 1.79 bits per heavy atom. The Morgan fingerprint density at radius 3 is 2.44 bits per heavy atom. The van der Waals surface area contributed by atoms with Gasteiger partial charge in [-0.15, -0.1) is 0 Å². The van der Waals surface area contributed by atoms with Crippen molar-refractivity contribution in [2.75, 3.05) is 26.8 Å². The van der Waals surface area contributed by atoms with Crippen molar-refractivity contribution >= 4 is 11.8 Å². The van der Waals surface area contributed by atoms with Crippen LogP contribution in [0.2, 0.25) is 0 Å². The maximum atomic E-state index is 13.7. The van der Waals surface area contributed by atoms with Crippen LogP contribution in [0.3, 0.4) is 0 Å². The van der Waals surface area contributed by atoms with Gasteiger partial charge in [-0.05, 0) is 25.0 Å². The maximum absolute atomic E-state index is 13.7. The van der Waals surface area contributed by atoms with Crippen LogP contribution in [0.5, 0.6) is 0 Å². The van der Waals surface area contributed by atoms with E-state index in [9.17, 15) is 9.59 Å². The smallest absolute Gasteiger partial charge is 0.244 e. The number of nitrogens with zero attached hydrogens (tertiary/aromatic N) is 6. The van der Waals surface area contributed by atoms with Crippen LogP contribution < -0.4 is 5.32 Å². The summed E-state index contributed by atoms with van der Waals surface area (Å²) in [5.41, 5.74) is 2.68. The molecule has 39 heavy (non-hydrogen) atoms. The van der Waals surface area contributed by atoms with Gasteiger partial charge in [0, 0.05) is 81.9 Å². The summed E-state index contributed by atoms with van der Waals surface area (Å²) in [7, 11) is 1.67. The van der Waals surface area contributed by atoms with Gasteiger partial charge < -0.3 is 15.0 Å². The Hall–Kier alpha value is -3.76. The lowest BCUT2D eigenvalue weighted by molar-refractivity contribution is -0.151. The van der Waals surface area contributed by atoms with Gasteiger partial charge in [-0.3, -0.25) is 24.5 Å². The van der Waals surface area contributed by atoms with E-state index in [2.05, 4.69) is 30.2 Å². The third-order valence-electron chi connectivity index (χ3n) is 6.97. The van der Waals surface area contributed by atoms with E-state index >= 15 is 0 Å². The van der Waals surface area contributed by atoms with Crippen molar-refractivity contribution in [3.8, 4) is 11.4 Å². The second-order valence-electron chi connectivity index (χ2n) is 10.1. The van der Waals surface area contributed by atoms with E-state index in [-0.39, 0.29) is 29.8 Å². The summed E-state index contributed by atoms with van der Waals surface area (Å²) in [4.78, 5) is 48.3. The molecule has 2 aromatic heterocycles. The zero-order valence-corrected chi connectivity index (χ0v) is 23.0. The lowest BCUT2D eigenvalue weighted by atomic mass is 9.98. The first-order chi connectivity index (χ1) is 18.9. The summed E-state index contributed by atoms with van der Waals surface area (Å²) in [5.74, 6) is 0.229. The van der Waals surface area contributed by atoms with E-state index < -0.39 is 6.04 Å². The minimum atomic E-state index is -0.637. The number of ether oxygens (including phenoxy) is 1. The van der Waals surface area contributed by atoms with Gasteiger partial charge in [-0.25, -0.2) is 9.97 Å². The largest absolute Gasteiger partial charge is 0.385 e. The number of carbonyl (C=O) groups is 2. The molecule has 4 rings (SSSR count). The fourth-order valence-corrected chi connectivity index (χ4v) is 5.01. The molecule has 1 aromatic carbocycles. The SMILES string of the molecule is COCC[C@H](c1cnccn1)N1C[C@@H](C)N(C(=O)C(C)C)[C@@H](C(=O)NCc2ccc(-c3ncccn3)cc2)C1. The van der Waals surface area contributed by atoms with Crippen LogP contribution in [0.25, 0.3) is 11.4 Å². The standard InChI is InChI=1S/C29H37N7O3/c1-20(2)29(38)36-21(3)18-35(25(10-15-39-4)24-17-30-13-14-31-24)19-26(36)28(37)34-16-22-6-8-23(9-7-22)27-32-11-5-12-33-27/h5-9,11-14,17,20-21,25-26H,10,15-16,18-19H2,1-4H3,(H,34,37)/t21-,25-,26-/m1/s1. The van der Waals surface area contributed by atoms with E-state index in [1.54, 1.807) is 49.1 Å². The first-order valence-corrected chi connectivity index (χ1v) is 13.3. The molecule has 0 unspecified atom stereocenters. The minimum absolute atomic E-state index is 0.0255. The van der Waals surface area contributed by atoms with Gasteiger partial charge in [0.2, 0.25) is 11.8 Å². The molecule has 1 N–H and O–H groups in total. The van der Waals surface area contributed by atoms with Gasteiger partial charge in [0.15, 0.2) is 5.82 Å². The lowest BCUT2D eigenvalue weighted by Crippen LogP contribution is -2.65. The monoisotopic (exact) mass is 531 g/mol. The van der Waals surface area contributed by atoms with Crippen molar-refractivity contribution in [3.05, 3.63) is 72.6 Å². The maximum Gasteiger partial charge on any atom is 0.244 e. The van der Waals surface area contributed by atoms with Crippen LogP contribution >= 0.6 is 0 Å². The lowest BCUT2D eigenvalue weighted by Gasteiger charge is -2.47. The average molecular weight is 532 g/mol. The van der Waals surface area contributed by atoms with E-state index in [1.165, 1.54) is 0 Å². The number of methoxy groups -OCH3 is 1. The van der Waals surface area contributed by atoms with Gasteiger partial charge in [0.25, 0.3) is 0 Å². The van der Waals surface area contributed by atoms with Crippen LogP contribution in [0.4, 0.5) is 0 Å². The highest BCUT2D eigenvalue weighted by molar-refractivity contribution is 5.89. The van der Waals surface area contributed by atoms with Gasteiger partial charge in [-0.2, -0.15) is 0 Å². The number of amides is 2. The summed E-state index contributed by atoms with van der Waals surface area (Å²) >= 11 is 0. The fourth-order valence-electron chi connectivity index (χ4n) is 5.01. The van der Waals surface area contributed by atoms with E-state index in [0.29, 0.717) is 38.5 Å². The van der Waals surface area contributed by atoms with Crippen LogP contribution in [0.15, 0.2) is 61.3 Å². The molecule has 1 aliphatic rings. The number of nitrogens with one attached hydrogen (secondary N) is 1. The van der Waals surface area contributed by atoms with E-state index in [4.69, 9.17) is 4.74 Å². The number of hydrogen-bond donors (Lipinski definition) is 1. The van der Waals surface area contributed by atoms with Crippen LogP contribution in [0, 0.1) is 5.92 Å². The second-order valence-corrected chi connectivity index (χ2v) is 10.1. The van der Waals surface area contributed by atoms with Crippen molar-refractivity contribution in [1.29, 1.82) is 0 Å². The molecule has 1 fully saturated rings. The number of piperazine rings is 1. The molecule has 1 saturated heterocycles. The first kappa shape index (κ1) is 28.3. The highest BCUT2D eigenvalue weighted by Crippen LogP contribution is 2.29. The molecule has 1 aliphatic heterocycles. The first-order valence-electron chi connectivity index (χ1n) is 13.3. The van der Waals surface area contributed by atoms with Crippen LogP contribution in [-0.4, -0.2) is 80.4 Å². The zero-order valence-electron chi connectivity index (χ0n) is 23.0. The number of aromatic nitrogens is 4. The summed E-state index contributed by atoms with van der Waals surface area (Å²) in [6.07, 6.45) is 9.20. The molecule has 2 amide bonds. The average Bonchev–Trinajstić information content (AvgIpc) is 2.96. The molecule has 0 spiro atoms. The van der Waals surface area contributed by atoms with Gasteiger partial charge in [0.1, 0.15) is 6.04 Å². The Bertz CT molecular complexity index is 1210. The van der Waals surface area contributed by atoms with Crippen molar-refractivity contribution in [1.82, 2.24) is 35.1 Å². The third-order valence-corrected chi connectivity index (χ3v) is 6.97.